The third kappa shape index (κ3) is 7.18. The number of amides is 4. The summed E-state index contributed by atoms with van der Waals surface area (Å²) in [5.41, 5.74) is -0.234. The summed E-state index contributed by atoms with van der Waals surface area (Å²) in [4.78, 5) is 55.1. The third-order valence-electron chi connectivity index (χ3n) is 10.3. The number of halogens is 3. The Hall–Kier alpha value is -3.90. The topological polar surface area (TPSA) is 117 Å². The summed E-state index contributed by atoms with van der Waals surface area (Å²) in [6.45, 7) is 8.28. The Morgan fingerprint density at radius 2 is 1.79 bits per heavy atom. The van der Waals surface area contributed by atoms with Gasteiger partial charge in [-0.15, -0.1) is 0 Å². The van der Waals surface area contributed by atoms with E-state index >= 15 is 4.39 Å². The van der Waals surface area contributed by atoms with E-state index in [1.54, 1.807) is 36.9 Å². The van der Waals surface area contributed by atoms with Crippen LogP contribution in [0.4, 0.5) is 24.7 Å². The highest BCUT2D eigenvalue weighted by molar-refractivity contribution is 6.00. The highest BCUT2D eigenvalue weighted by Crippen LogP contribution is 2.56. The second kappa shape index (κ2) is 13.7. The molecule has 2 aliphatic carbocycles. The Morgan fingerprint density at radius 1 is 1.11 bits per heavy atom. The second-order valence-electron chi connectivity index (χ2n) is 13.8. The van der Waals surface area contributed by atoms with Crippen molar-refractivity contribution in [1.82, 2.24) is 20.0 Å². The number of rotatable bonds is 12. The number of carbonyl (C=O) groups excluding carboxylic acids is 4. The van der Waals surface area contributed by atoms with E-state index in [1.165, 1.54) is 21.9 Å². The van der Waals surface area contributed by atoms with Crippen molar-refractivity contribution in [2.24, 2.45) is 17.3 Å². The van der Waals surface area contributed by atoms with Crippen LogP contribution in [0.15, 0.2) is 30.5 Å². The standard InChI is InChI=1S/C34H45F3N6O4/c1-5-27(45)40-29(32(47)41-18-33(19-41)16-34(36,37)17-33)22(4)24-11-12-26(25(35)15-24)39-31(46)30(23-9-7-21(3)8-10-23)42(20-44)28-13-14-38-43(28)6-2/h11-15,20-23,29-30H,5-10,16-19H2,1-4H3,(H,39,46)(H,40,45)/t21?,22-,23?,29+,30-/m0/s1. The summed E-state index contributed by atoms with van der Waals surface area (Å²) in [6, 6.07) is 4.00. The van der Waals surface area contributed by atoms with Gasteiger partial charge in [0.05, 0.1) is 11.9 Å². The fraction of sp³-hybridized carbons (Fsp3) is 0.618. The van der Waals surface area contributed by atoms with Crippen LogP contribution in [-0.4, -0.2) is 69.9 Å². The van der Waals surface area contributed by atoms with Crippen molar-refractivity contribution in [1.29, 1.82) is 0 Å². The first kappa shape index (κ1) is 34.4. The summed E-state index contributed by atoms with van der Waals surface area (Å²) >= 11 is 0. The molecule has 3 atom stereocenters. The fourth-order valence-electron chi connectivity index (χ4n) is 7.60. The highest BCUT2D eigenvalue weighted by Gasteiger charge is 2.63. The third-order valence-corrected chi connectivity index (χ3v) is 10.3. The number of aryl methyl sites for hydroxylation is 1. The van der Waals surface area contributed by atoms with Gasteiger partial charge in [0.25, 0.3) is 0 Å². The van der Waals surface area contributed by atoms with Gasteiger partial charge in [0.15, 0.2) is 0 Å². The zero-order chi connectivity index (χ0) is 34.1. The molecule has 2 N–H and O–H groups in total. The van der Waals surface area contributed by atoms with E-state index in [4.69, 9.17) is 0 Å². The number of hydrogen-bond acceptors (Lipinski definition) is 5. The molecule has 1 aromatic heterocycles. The Balaban J connectivity index is 1.34. The van der Waals surface area contributed by atoms with Gasteiger partial charge in [0, 0.05) is 56.3 Å². The van der Waals surface area contributed by atoms with Gasteiger partial charge in [0.1, 0.15) is 23.7 Å². The molecule has 1 spiro atoms. The Bertz CT molecular complexity index is 1470. The molecule has 10 nitrogen and oxygen atoms in total. The highest BCUT2D eigenvalue weighted by atomic mass is 19.3. The van der Waals surface area contributed by atoms with E-state index < -0.39 is 47.0 Å². The summed E-state index contributed by atoms with van der Waals surface area (Å²) in [6.07, 6.45) is 5.12. The predicted octanol–water partition coefficient (Wildman–Crippen LogP) is 5.09. The lowest BCUT2D eigenvalue weighted by Crippen LogP contribution is -2.69. The Kier molecular flexibility index (Phi) is 10.0. The molecule has 2 heterocycles. The summed E-state index contributed by atoms with van der Waals surface area (Å²) in [7, 11) is 0. The molecule has 0 bridgehead atoms. The van der Waals surface area contributed by atoms with Crippen LogP contribution in [0.3, 0.4) is 0 Å². The molecule has 3 fully saturated rings. The van der Waals surface area contributed by atoms with Crippen LogP contribution in [-0.2, 0) is 25.7 Å². The number of nitrogens with zero attached hydrogens (tertiary/aromatic N) is 4. The zero-order valence-corrected chi connectivity index (χ0v) is 27.5. The van der Waals surface area contributed by atoms with Gasteiger partial charge in [-0.3, -0.25) is 24.1 Å². The zero-order valence-electron chi connectivity index (χ0n) is 27.5. The molecule has 47 heavy (non-hydrogen) atoms. The maximum Gasteiger partial charge on any atom is 0.249 e. The van der Waals surface area contributed by atoms with Crippen LogP contribution < -0.4 is 15.5 Å². The van der Waals surface area contributed by atoms with Crippen LogP contribution in [0.2, 0.25) is 0 Å². The van der Waals surface area contributed by atoms with Crippen molar-refractivity contribution < 1.29 is 32.3 Å². The maximum absolute atomic E-state index is 15.7. The molecule has 1 aromatic carbocycles. The average Bonchev–Trinajstić information content (AvgIpc) is 3.49. The van der Waals surface area contributed by atoms with Crippen molar-refractivity contribution in [3.05, 3.63) is 41.8 Å². The Labute approximate surface area is 273 Å². The summed E-state index contributed by atoms with van der Waals surface area (Å²) in [5.74, 6) is -4.52. The van der Waals surface area contributed by atoms with Gasteiger partial charge >= 0.3 is 0 Å². The van der Waals surface area contributed by atoms with Crippen molar-refractivity contribution in [3.63, 3.8) is 0 Å². The minimum Gasteiger partial charge on any atom is -0.344 e. The molecule has 13 heteroatoms. The number of nitrogens with one attached hydrogen (secondary N) is 2. The first-order chi connectivity index (χ1) is 22.3. The van der Waals surface area contributed by atoms with E-state index in [9.17, 15) is 28.0 Å². The minimum absolute atomic E-state index is 0.0777. The lowest BCUT2D eigenvalue weighted by atomic mass is 9.61. The molecule has 2 saturated carbocycles. The number of benzene rings is 1. The summed E-state index contributed by atoms with van der Waals surface area (Å²) < 4.78 is 44.4. The normalized spacial score (nSPS) is 23.1. The van der Waals surface area contributed by atoms with Crippen LogP contribution in [0.1, 0.15) is 84.1 Å². The number of likely N-dealkylation sites (tertiary alicyclic amines) is 1. The number of alkyl halides is 2. The van der Waals surface area contributed by atoms with Crippen LogP contribution in [0.5, 0.6) is 0 Å². The number of carbonyl (C=O) groups is 4. The smallest absolute Gasteiger partial charge is 0.249 e. The van der Waals surface area contributed by atoms with Gasteiger partial charge < -0.3 is 15.5 Å². The molecule has 0 radical (unpaired) electrons. The molecule has 1 saturated heterocycles. The number of hydrogen-bond donors (Lipinski definition) is 2. The van der Waals surface area contributed by atoms with Crippen molar-refractivity contribution in [3.8, 4) is 0 Å². The van der Waals surface area contributed by atoms with Crippen LogP contribution in [0, 0.1) is 23.1 Å². The molecule has 0 unspecified atom stereocenters. The van der Waals surface area contributed by atoms with Crippen molar-refractivity contribution >= 4 is 35.6 Å². The largest absolute Gasteiger partial charge is 0.344 e. The number of anilines is 2. The van der Waals surface area contributed by atoms with Crippen molar-refractivity contribution in [2.75, 3.05) is 23.3 Å². The van der Waals surface area contributed by atoms with E-state index in [1.807, 2.05) is 6.92 Å². The van der Waals surface area contributed by atoms with E-state index in [-0.39, 0.29) is 49.9 Å². The lowest BCUT2D eigenvalue weighted by Gasteiger charge is -2.59. The quantitative estimate of drug-likeness (QED) is 0.308. The molecular formula is C34H45F3N6O4. The van der Waals surface area contributed by atoms with E-state index in [0.717, 1.165) is 25.7 Å². The van der Waals surface area contributed by atoms with Gasteiger partial charge in [-0.05, 0) is 49.3 Å². The van der Waals surface area contributed by atoms with Crippen LogP contribution in [0.25, 0.3) is 0 Å². The SMILES string of the molecule is CCC(=O)N[C@@H](C(=O)N1CC2(C1)CC(F)(F)C2)[C@@H](C)c1ccc(NC(=O)[C@H](C2CCC(C)CC2)N(C=O)c2ccnn2CC)c(F)c1. The summed E-state index contributed by atoms with van der Waals surface area (Å²) in [5, 5.41) is 9.70. The Morgan fingerprint density at radius 3 is 2.36 bits per heavy atom. The molecule has 256 valence electrons. The molecule has 5 rings (SSSR count). The van der Waals surface area contributed by atoms with Gasteiger partial charge in [0.2, 0.25) is 30.1 Å². The first-order valence-corrected chi connectivity index (χ1v) is 16.6. The number of aromatic nitrogens is 2. The molecule has 2 aromatic rings. The molecule has 3 aliphatic rings. The van der Waals surface area contributed by atoms with Crippen molar-refractivity contribution in [2.45, 2.75) is 103 Å². The minimum atomic E-state index is -2.70. The van der Waals surface area contributed by atoms with Crippen LogP contribution >= 0.6 is 0 Å². The predicted molar refractivity (Wildman–Crippen MR) is 170 cm³/mol. The average molecular weight is 659 g/mol. The monoisotopic (exact) mass is 658 g/mol. The maximum atomic E-state index is 15.7. The lowest BCUT2D eigenvalue weighted by molar-refractivity contribution is -0.215. The molecular weight excluding hydrogens is 613 g/mol. The van der Waals surface area contributed by atoms with E-state index in [2.05, 4.69) is 22.7 Å². The molecule has 1 aliphatic heterocycles. The van der Waals surface area contributed by atoms with Gasteiger partial charge in [-0.2, -0.15) is 5.10 Å². The van der Waals surface area contributed by atoms with E-state index in [0.29, 0.717) is 30.3 Å². The second-order valence-corrected chi connectivity index (χ2v) is 13.8. The fourth-order valence-corrected chi connectivity index (χ4v) is 7.60. The first-order valence-electron chi connectivity index (χ1n) is 16.6. The van der Waals surface area contributed by atoms with Gasteiger partial charge in [-0.1, -0.05) is 39.7 Å². The molecule has 4 amide bonds. The van der Waals surface area contributed by atoms with Gasteiger partial charge in [-0.25, -0.2) is 17.9 Å².